The summed E-state index contributed by atoms with van der Waals surface area (Å²) >= 11 is 0. The van der Waals surface area contributed by atoms with Gasteiger partial charge in [0.25, 0.3) is 0 Å². The van der Waals surface area contributed by atoms with Crippen LogP contribution in [-0.2, 0) is 28.5 Å². The molecule has 1 atom stereocenters. The molecule has 0 aromatic heterocycles. The normalized spacial score (nSPS) is 13.6. The van der Waals surface area contributed by atoms with Crippen LogP contribution in [0, 0.1) is 0 Å². The highest BCUT2D eigenvalue weighted by molar-refractivity contribution is 6.06. The molecule has 262 valence electrons. The molecule has 0 aliphatic heterocycles. The van der Waals surface area contributed by atoms with Crippen LogP contribution in [0.25, 0.3) is 0 Å². The maximum absolute atomic E-state index is 13.7. The van der Waals surface area contributed by atoms with Gasteiger partial charge in [-0.25, -0.2) is 24.0 Å². The number of carboxylic acid groups (broad SMARTS) is 1. The molecule has 3 amide bonds. The largest absolute Gasteiger partial charge is 0.479 e. The standard InChI is InChI=1S/C31H58N4O10/c1-27(2,3)42-23(38)31(22(36)37,16-13-17-32-18-14-19-33-24(39)43-28(4,5)6)35(26(41)45-30(10,11)12)21-15-20-34-25(40)44-29(7,8)9/h32H,13-21H2,1-12H3,(H,33,39)(H,34,40)(H,36,37)/t31-/m0/s1. The zero-order valence-electron chi connectivity index (χ0n) is 29.4. The molecule has 0 aliphatic carbocycles. The summed E-state index contributed by atoms with van der Waals surface area (Å²) in [4.78, 5) is 65.0. The predicted octanol–water partition coefficient (Wildman–Crippen LogP) is 4.59. The van der Waals surface area contributed by atoms with E-state index in [1.54, 1.807) is 83.1 Å². The minimum Gasteiger partial charge on any atom is -0.479 e. The molecule has 14 nitrogen and oxygen atoms in total. The van der Waals surface area contributed by atoms with E-state index in [0.717, 1.165) is 4.90 Å². The van der Waals surface area contributed by atoms with E-state index in [1.807, 2.05) is 0 Å². The average Bonchev–Trinajstić information content (AvgIpc) is 2.79. The van der Waals surface area contributed by atoms with Crippen molar-refractivity contribution in [3.63, 3.8) is 0 Å². The highest BCUT2D eigenvalue weighted by Gasteiger charge is 2.56. The maximum atomic E-state index is 13.7. The van der Waals surface area contributed by atoms with Crippen molar-refractivity contribution in [3.8, 4) is 0 Å². The minimum atomic E-state index is -2.42. The molecule has 4 N–H and O–H groups in total. The zero-order chi connectivity index (χ0) is 35.3. The molecule has 0 saturated heterocycles. The van der Waals surface area contributed by atoms with Gasteiger partial charge in [-0.05, 0) is 122 Å². The molecule has 0 rings (SSSR count). The van der Waals surface area contributed by atoms with Gasteiger partial charge in [-0.2, -0.15) is 0 Å². The van der Waals surface area contributed by atoms with Crippen molar-refractivity contribution >= 4 is 30.2 Å². The lowest BCUT2D eigenvalue weighted by Gasteiger charge is -2.40. The molecule has 0 aliphatic rings. The van der Waals surface area contributed by atoms with Crippen LogP contribution in [0.3, 0.4) is 0 Å². The Kier molecular flexibility index (Phi) is 16.1. The summed E-state index contributed by atoms with van der Waals surface area (Å²) in [6.07, 6.45) is -1.62. The van der Waals surface area contributed by atoms with Gasteiger partial charge >= 0.3 is 30.2 Å². The van der Waals surface area contributed by atoms with Crippen LogP contribution in [0.4, 0.5) is 14.4 Å². The fourth-order valence-corrected chi connectivity index (χ4v) is 3.83. The minimum absolute atomic E-state index is 0.0388. The van der Waals surface area contributed by atoms with Gasteiger partial charge < -0.3 is 40.0 Å². The molecule has 0 fully saturated rings. The molecule has 0 aromatic carbocycles. The third-order valence-electron chi connectivity index (χ3n) is 5.48. The predicted molar refractivity (Wildman–Crippen MR) is 169 cm³/mol. The first-order chi connectivity index (χ1) is 20.3. The highest BCUT2D eigenvalue weighted by atomic mass is 16.6. The molecule has 45 heavy (non-hydrogen) atoms. The van der Waals surface area contributed by atoms with Crippen LogP contribution < -0.4 is 16.0 Å². The molecule has 0 aromatic rings. The van der Waals surface area contributed by atoms with Gasteiger partial charge in [-0.15, -0.1) is 0 Å². The molecule has 0 radical (unpaired) electrons. The number of aliphatic carboxylic acids is 1. The molecule has 0 heterocycles. The van der Waals surface area contributed by atoms with Crippen molar-refractivity contribution in [2.24, 2.45) is 0 Å². The van der Waals surface area contributed by atoms with Crippen LogP contribution >= 0.6 is 0 Å². The van der Waals surface area contributed by atoms with Gasteiger partial charge in [0, 0.05) is 19.6 Å². The quantitative estimate of drug-likeness (QED) is 0.0845. The van der Waals surface area contributed by atoms with E-state index in [1.165, 1.54) is 0 Å². The number of hydrogen-bond donors (Lipinski definition) is 4. The second-order valence-electron chi connectivity index (χ2n) is 14.7. The number of nitrogens with zero attached hydrogens (tertiary/aromatic N) is 1. The van der Waals surface area contributed by atoms with Crippen LogP contribution in [0.2, 0.25) is 0 Å². The van der Waals surface area contributed by atoms with Gasteiger partial charge in [0.1, 0.15) is 22.4 Å². The first kappa shape index (κ1) is 41.7. The van der Waals surface area contributed by atoms with Crippen molar-refractivity contribution in [1.29, 1.82) is 0 Å². The third-order valence-corrected chi connectivity index (χ3v) is 5.48. The molecule has 0 unspecified atom stereocenters. The van der Waals surface area contributed by atoms with E-state index < -0.39 is 58.2 Å². The fraction of sp³-hybridized carbons (Fsp3) is 0.839. The number of ether oxygens (including phenoxy) is 4. The van der Waals surface area contributed by atoms with Crippen LogP contribution in [0.15, 0.2) is 0 Å². The maximum Gasteiger partial charge on any atom is 0.411 e. The Morgan fingerprint density at radius 2 is 1.00 bits per heavy atom. The Morgan fingerprint density at radius 3 is 1.42 bits per heavy atom. The van der Waals surface area contributed by atoms with Crippen LogP contribution in [-0.4, -0.2) is 101 Å². The van der Waals surface area contributed by atoms with E-state index in [9.17, 15) is 29.1 Å². The van der Waals surface area contributed by atoms with Crippen molar-refractivity contribution in [2.75, 3.05) is 32.7 Å². The number of carbonyl (C=O) groups is 5. The van der Waals surface area contributed by atoms with E-state index in [0.29, 0.717) is 26.1 Å². The Balaban J connectivity index is 5.83. The summed E-state index contributed by atoms with van der Waals surface area (Å²) in [5.74, 6) is -2.67. The number of hydrogen-bond acceptors (Lipinski definition) is 10. The molecule has 14 heteroatoms. The first-order valence-electron chi connectivity index (χ1n) is 15.4. The Hall–Kier alpha value is -3.29. The lowest BCUT2D eigenvalue weighted by atomic mass is 9.90. The molecule has 0 spiro atoms. The van der Waals surface area contributed by atoms with Gasteiger partial charge in [-0.1, -0.05) is 0 Å². The van der Waals surface area contributed by atoms with Crippen LogP contribution in [0.5, 0.6) is 0 Å². The van der Waals surface area contributed by atoms with Gasteiger partial charge in [-0.3, -0.25) is 4.90 Å². The molecule has 0 saturated carbocycles. The smallest absolute Gasteiger partial charge is 0.411 e. The average molecular weight is 647 g/mol. The van der Waals surface area contributed by atoms with Crippen molar-refractivity contribution in [3.05, 3.63) is 0 Å². The third kappa shape index (κ3) is 18.3. The SMILES string of the molecule is CC(C)(C)OC(=O)NCCCNCCC[C@](C(=O)O)(C(=O)OC(C)(C)C)N(CCCNC(=O)OC(C)(C)C)C(=O)OC(C)(C)C. The molecular weight excluding hydrogens is 588 g/mol. The van der Waals surface area contributed by atoms with E-state index in [4.69, 9.17) is 18.9 Å². The highest BCUT2D eigenvalue weighted by Crippen LogP contribution is 2.29. The van der Waals surface area contributed by atoms with Gasteiger partial charge in [0.05, 0.1) is 0 Å². The molecular formula is C31H58N4O10. The summed E-state index contributed by atoms with van der Waals surface area (Å²) in [7, 11) is 0. The van der Waals surface area contributed by atoms with Crippen molar-refractivity contribution in [2.45, 2.75) is 137 Å². The topological polar surface area (TPSA) is 182 Å². The number of esters is 1. The summed E-state index contributed by atoms with van der Waals surface area (Å²) < 4.78 is 21.5. The van der Waals surface area contributed by atoms with E-state index in [2.05, 4.69) is 16.0 Å². The second-order valence-corrected chi connectivity index (χ2v) is 14.7. The van der Waals surface area contributed by atoms with Gasteiger partial charge in [0.15, 0.2) is 0 Å². The lowest BCUT2D eigenvalue weighted by Crippen LogP contribution is -2.64. The number of alkyl carbamates (subject to hydrolysis) is 2. The Bertz CT molecular complexity index is 990. The van der Waals surface area contributed by atoms with E-state index >= 15 is 0 Å². The fourth-order valence-electron chi connectivity index (χ4n) is 3.83. The molecule has 0 bridgehead atoms. The second kappa shape index (κ2) is 17.4. The number of nitrogens with one attached hydrogen (secondary N) is 3. The number of carboxylic acids is 1. The Morgan fingerprint density at radius 1 is 0.578 bits per heavy atom. The lowest BCUT2D eigenvalue weighted by molar-refractivity contribution is -0.180. The Labute approximate surface area is 268 Å². The monoisotopic (exact) mass is 646 g/mol. The first-order valence-corrected chi connectivity index (χ1v) is 15.4. The summed E-state index contributed by atoms with van der Waals surface area (Å²) in [5, 5.41) is 19.0. The van der Waals surface area contributed by atoms with Crippen LogP contribution in [0.1, 0.15) is 109 Å². The summed E-state index contributed by atoms with van der Waals surface area (Å²) in [6.45, 7) is 21.1. The van der Waals surface area contributed by atoms with E-state index in [-0.39, 0.29) is 32.4 Å². The summed E-state index contributed by atoms with van der Waals surface area (Å²) in [5.41, 5.74) is -5.77. The number of rotatable bonds is 15. The van der Waals surface area contributed by atoms with Gasteiger partial charge in [0.2, 0.25) is 5.54 Å². The van der Waals surface area contributed by atoms with Crippen molar-refractivity contribution in [1.82, 2.24) is 20.9 Å². The zero-order valence-corrected chi connectivity index (χ0v) is 29.4. The number of carbonyl (C=O) groups excluding carboxylic acids is 4. The number of amides is 3. The van der Waals surface area contributed by atoms with Crippen molar-refractivity contribution < 1.29 is 48.0 Å². The summed E-state index contributed by atoms with van der Waals surface area (Å²) in [6, 6.07) is 0.